The summed E-state index contributed by atoms with van der Waals surface area (Å²) in [6.07, 6.45) is -1.15. The molecule has 1 aromatic rings. The van der Waals surface area contributed by atoms with Gasteiger partial charge in [-0.15, -0.1) is 0 Å². The number of ether oxygens (including phenoxy) is 1. The van der Waals surface area contributed by atoms with E-state index in [0.717, 1.165) is 5.56 Å². The Bertz CT molecular complexity index is 331. The fourth-order valence-corrected chi connectivity index (χ4v) is 1.19. The lowest BCUT2D eigenvalue weighted by atomic mass is 10.1. The van der Waals surface area contributed by atoms with Crippen molar-refractivity contribution >= 4 is 5.97 Å². The lowest BCUT2D eigenvalue weighted by molar-refractivity contribution is -0.152. The van der Waals surface area contributed by atoms with Gasteiger partial charge in [0.05, 0.1) is 6.10 Å². The Morgan fingerprint density at radius 3 is 2.27 bits per heavy atom. The highest BCUT2D eigenvalue weighted by Gasteiger charge is 2.16. The summed E-state index contributed by atoms with van der Waals surface area (Å²) in [7, 11) is 0. The van der Waals surface area contributed by atoms with E-state index in [1.54, 1.807) is 31.2 Å². The van der Waals surface area contributed by atoms with Crippen molar-refractivity contribution in [3.8, 4) is 5.75 Å². The Hall–Kier alpha value is -1.55. The molecule has 0 aliphatic carbocycles. The van der Waals surface area contributed by atoms with Gasteiger partial charge in [0.1, 0.15) is 5.75 Å². The van der Waals surface area contributed by atoms with Gasteiger partial charge < -0.3 is 14.9 Å². The molecular formula is C11H14O4. The second kappa shape index (κ2) is 4.79. The van der Waals surface area contributed by atoms with Crippen molar-refractivity contribution in [3.63, 3.8) is 0 Å². The molecule has 0 aliphatic heterocycles. The largest absolute Gasteiger partial charge is 0.508 e. The minimum absolute atomic E-state index is 0.178. The van der Waals surface area contributed by atoms with Gasteiger partial charge in [-0.1, -0.05) is 12.1 Å². The SMILES string of the molecule is CC(O[C@H](C)c1ccc(O)cc1)C(=O)O. The average Bonchev–Trinajstić information content (AvgIpc) is 2.18. The average molecular weight is 210 g/mol. The summed E-state index contributed by atoms with van der Waals surface area (Å²) in [5.41, 5.74) is 0.834. The van der Waals surface area contributed by atoms with Gasteiger partial charge in [-0.25, -0.2) is 4.79 Å². The molecule has 1 unspecified atom stereocenters. The van der Waals surface area contributed by atoms with Crippen molar-refractivity contribution in [1.82, 2.24) is 0 Å². The molecule has 1 aromatic carbocycles. The zero-order chi connectivity index (χ0) is 11.4. The normalized spacial score (nSPS) is 14.5. The second-order valence-electron chi connectivity index (χ2n) is 3.35. The maximum atomic E-state index is 10.6. The predicted molar refractivity (Wildman–Crippen MR) is 54.7 cm³/mol. The molecule has 0 amide bonds. The van der Waals surface area contributed by atoms with E-state index in [4.69, 9.17) is 14.9 Å². The summed E-state index contributed by atoms with van der Waals surface area (Å²) in [5, 5.41) is 17.7. The maximum Gasteiger partial charge on any atom is 0.332 e. The molecule has 82 valence electrons. The molecular weight excluding hydrogens is 196 g/mol. The number of hydrogen-bond donors (Lipinski definition) is 2. The third kappa shape index (κ3) is 3.25. The van der Waals surface area contributed by atoms with Gasteiger partial charge in [0, 0.05) is 0 Å². The van der Waals surface area contributed by atoms with Gasteiger partial charge in [-0.05, 0) is 31.5 Å². The van der Waals surface area contributed by atoms with Crippen LogP contribution in [0.2, 0.25) is 0 Å². The Kier molecular flexibility index (Phi) is 3.68. The Morgan fingerprint density at radius 2 is 1.80 bits per heavy atom. The van der Waals surface area contributed by atoms with Crippen LogP contribution < -0.4 is 0 Å². The monoisotopic (exact) mass is 210 g/mol. The van der Waals surface area contributed by atoms with E-state index in [2.05, 4.69) is 0 Å². The number of phenols is 1. The van der Waals surface area contributed by atoms with Crippen molar-refractivity contribution in [1.29, 1.82) is 0 Å². The summed E-state index contributed by atoms with van der Waals surface area (Å²) in [6.45, 7) is 3.26. The Morgan fingerprint density at radius 1 is 1.27 bits per heavy atom. The van der Waals surface area contributed by atoms with Crippen LogP contribution in [0, 0.1) is 0 Å². The van der Waals surface area contributed by atoms with Crippen LogP contribution in [0.5, 0.6) is 5.75 Å². The van der Waals surface area contributed by atoms with Crippen molar-refractivity contribution in [3.05, 3.63) is 29.8 Å². The lowest BCUT2D eigenvalue weighted by Gasteiger charge is -2.16. The number of aromatic hydroxyl groups is 1. The first-order chi connectivity index (χ1) is 7.00. The predicted octanol–water partition coefficient (Wildman–Crippen LogP) is 1.94. The summed E-state index contributed by atoms with van der Waals surface area (Å²) in [5.74, 6) is -0.808. The molecule has 4 heteroatoms. The van der Waals surface area contributed by atoms with Crippen LogP contribution in [0.4, 0.5) is 0 Å². The highest BCUT2D eigenvalue weighted by atomic mass is 16.5. The van der Waals surface area contributed by atoms with Crippen molar-refractivity contribution in [2.24, 2.45) is 0 Å². The number of aliphatic carboxylic acids is 1. The smallest absolute Gasteiger partial charge is 0.332 e. The molecule has 0 saturated heterocycles. The first kappa shape index (κ1) is 11.5. The second-order valence-corrected chi connectivity index (χ2v) is 3.35. The molecule has 4 nitrogen and oxygen atoms in total. The molecule has 2 N–H and O–H groups in total. The number of rotatable bonds is 4. The van der Waals surface area contributed by atoms with Crippen LogP contribution in [-0.4, -0.2) is 22.3 Å². The first-order valence-electron chi connectivity index (χ1n) is 4.68. The molecule has 0 fully saturated rings. The van der Waals surface area contributed by atoms with Crippen molar-refractivity contribution in [2.75, 3.05) is 0 Å². The van der Waals surface area contributed by atoms with Crippen LogP contribution in [0.3, 0.4) is 0 Å². The molecule has 0 bridgehead atoms. The molecule has 0 aromatic heterocycles. The van der Waals surface area contributed by atoms with E-state index < -0.39 is 12.1 Å². The first-order valence-corrected chi connectivity index (χ1v) is 4.68. The third-order valence-electron chi connectivity index (χ3n) is 2.12. The van der Waals surface area contributed by atoms with Gasteiger partial charge in [-0.3, -0.25) is 0 Å². The zero-order valence-electron chi connectivity index (χ0n) is 8.68. The van der Waals surface area contributed by atoms with Gasteiger partial charge in [0.15, 0.2) is 6.10 Å². The van der Waals surface area contributed by atoms with Crippen LogP contribution in [0.1, 0.15) is 25.5 Å². The number of carboxylic acid groups (broad SMARTS) is 1. The summed E-state index contributed by atoms with van der Waals surface area (Å²) in [6, 6.07) is 6.49. The Labute approximate surface area is 88.1 Å². The molecule has 0 saturated carbocycles. The standard InChI is InChI=1S/C11H14O4/c1-7(15-8(2)11(13)14)9-3-5-10(12)6-4-9/h3-8,12H,1-2H3,(H,13,14)/t7-,8?/m1/s1. The fourth-order valence-electron chi connectivity index (χ4n) is 1.19. The summed E-state index contributed by atoms with van der Waals surface area (Å²) in [4.78, 5) is 10.6. The quantitative estimate of drug-likeness (QED) is 0.797. The van der Waals surface area contributed by atoms with E-state index in [9.17, 15) is 4.79 Å². The van der Waals surface area contributed by atoms with E-state index >= 15 is 0 Å². The molecule has 0 radical (unpaired) electrons. The molecule has 2 atom stereocenters. The van der Waals surface area contributed by atoms with Crippen molar-refractivity contribution < 1.29 is 19.7 Å². The highest BCUT2D eigenvalue weighted by molar-refractivity contribution is 5.71. The van der Waals surface area contributed by atoms with Crippen LogP contribution in [0.25, 0.3) is 0 Å². The van der Waals surface area contributed by atoms with Crippen LogP contribution >= 0.6 is 0 Å². The van der Waals surface area contributed by atoms with Gasteiger partial charge in [-0.2, -0.15) is 0 Å². The van der Waals surface area contributed by atoms with Crippen molar-refractivity contribution in [2.45, 2.75) is 26.1 Å². The van der Waals surface area contributed by atoms with E-state index in [-0.39, 0.29) is 11.9 Å². The zero-order valence-corrected chi connectivity index (χ0v) is 8.68. The van der Waals surface area contributed by atoms with Gasteiger partial charge in [0.2, 0.25) is 0 Å². The molecule has 15 heavy (non-hydrogen) atoms. The number of carbonyl (C=O) groups is 1. The lowest BCUT2D eigenvalue weighted by Crippen LogP contribution is -2.21. The highest BCUT2D eigenvalue weighted by Crippen LogP contribution is 2.20. The number of carboxylic acids is 1. The maximum absolute atomic E-state index is 10.6. The third-order valence-corrected chi connectivity index (χ3v) is 2.12. The number of phenolic OH excluding ortho intramolecular Hbond substituents is 1. The van der Waals surface area contributed by atoms with Crippen LogP contribution in [-0.2, 0) is 9.53 Å². The molecule has 1 rings (SSSR count). The van der Waals surface area contributed by atoms with E-state index in [1.807, 2.05) is 0 Å². The Balaban J connectivity index is 2.64. The van der Waals surface area contributed by atoms with Gasteiger partial charge >= 0.3 is 5.97 Å². The fraction of sp³-hybridized carbons (Fsp3) is 0.364. The topological polar surface area (TPSA) is 66.8 Å². The summed E-state index contributed by atoms with van der Waals surface area (Å²) < 4.78 is 5.26. The minimum atomic E-state index is -0.986. The van der Waals surface area contributed by atoms with E-state index in [0.29, 0.717) is 0 Å². The van der Waals surface area contributed by atoms with E-state index in [1.165, 1.54) is 6.92 Å². The number of hydrogen-bond acceptors (Lipinski definition) is 3. The summed E-state index contributed by atoms with van der Waals surface area (Å²) >= 11 is 0. The molecule has 0 aliphatic rings. The minimum Gasteiger partial charge on any atom is -0.508 e. The van der Waals surface area contributed by atoms with Gasteiger partial charge in [0.25, 0.3) is 0 Å². The molecule has 0 heterocycles. The van der Waals surface area contributed by atoms with Crippen LogP contribution in [0.15, 0.2) is 24.3 Å². The molecule has 0 spiro atoms. The number of benzene rings is 1.